The van der Waals surface area contributed by atoms with Gasteiger partial charge in [0, 0.05) is 12.5 Å². The van der Waals surface area contributed by atoms with Crippen LogP contribution < -0.4 is 15.4 Å². The number of halogens is 1. The summed E-state index contributed by atoms with van der Waals surface area (Å²) in [5.41, 5.74) is 1.82. The average molecular weight is 391 g/mol. The van der Waals surface area contributed by atoms with E-state index >= 15 is 0 Å². The highest BCUT2D eigenvalue weighted by atomic mass is 35.5. The van der Waals surface area contributed by atoms with E-state index in [1.54, 1.807) is 0 Å². The monoisotopic (exact) mass is 390 g/mol. The Bertz CT molecular complexity index is 722. The third-order valence-electron chi connectivity index (χ3n) is 4.89. The zero-order valence-electron chi connectivity index (χ0n) is 15.4. The lowest BCUT2D eigenvalue weighted by molar-refractivity contribution is -0.127. The minimum absolute atomic E-state index is 0. The number of rotatable bonds is 8. The number of amides is 1. The molecule has 1 saturated heterocycles. The fourth-order valence-electron chi connectivity index (χ4n) is 2.91. The Morgan fingerprint density at radius 2 is 1.96 bits per heavy atom. The highest BCUT2D eigenvalue weighted by Gasteiger charge is 2.28. The summed E-state index contributed by atoms with van der Waals surface area (Å²) < 4.78 is 5.79. The van der Waals surface area contributed by atoms with Crippen LogP contribution in [0, 0.1) is 11.8 Å². The van der Waals surface area contributed by atoms with Crippen LogP contribution in [0.1, 0.15) is 24.2 Å². The van der Waals surface area contributed by atoms with Crippen molar-refractivity contribution in [3.8, 4) is 5.75 Å². The Morgan fingerprint density at radius 1 is 1.22 bits per heavy atom. The van der Waals surface area contributed by atoms with Crippen LogP contribution in [0.25, 0.3) is 0 Å². The lowest BCUT2D eigenvalue weighted by Crippen LogP contribution is -2.50. The predicted molar refractivity (Wildman–Crippen MR) is 108 cm³/mol. The predicted octanol–water partition coefficient (Wildman–Crippen LogP) is 2.69. The standard InChI is InChI=1S/C21H26N2O3.ClH/c1-15(18-11-22-12-18)21(25)23-13-20(24)17-8-5-9-19(10-17)26-14-16-6-3-2-4-7-16;/h2-10,15,18,20,22,24H,11-14H2,1H3,(H,23,25);1H. The van der Waals surface area contributed by atoms with Crippen LogP contribution in [0.2, 0.25) is 0 Å². The minimum atomic E-state index is -0.758. The van der Waals surface area contributed by atoms with Gasteiger partial charge in [0.2, 0.25) is 5.91 Å². The molecule has 146 valence electrons. The third-order valence-corrected chi connectivity index (χ3v) is 4.89. The molecule has 2 aromatic rings. The van der Waals surface area contributed by atoms with Gasteiger partial charge in [-0.2, -0.15) is 0 Å². The molecule has 0 aromatic heterocycles. The largest absolute Gasteiger partial charge is 0.489 e. The fraction of sp³-hybridized carbons (Fsp3) is 0.381. The molecule has 0 bridgehead atoms. The molecule has 0 radical (unpaired) electrons. The molecule has 2 unspecified atom stereocenters. The lowest BCUT2D eigenvalue weighted by atomic mass is 9.88. The SMILES string of the molecule is CC(C(=O)NCC(O)c1cccc(OCc2ccccc2)c1)C1CNC1.Cl. The Balaban J connectivity index is 0.00000261. The van der Waals surface area contributed by atoms with Gasteiger partial charge in [-0.3, -0.25) is 4.79 Å². The summed E-state index contributed by atoms with van der Waals surface area (Å²) >= 11 is 0. The molecule has 0 spiro atoms. The van der Waals surface area contributed by atoms with Gasteiger partial charge in [0.25, 0.3) is 0 Å². The molecule has 3 rings (SSSR count). The number of carbonyl (C=O) groups is 1. The van der Waals surface area contributed by atoms with Crippen LogP contribution in [0.5, 0.6) is 5.75 Å². The summed E-state index contributed by atoms with van der Waals surface area (Å²) in [6.07, 6.45) is -0.758. The summed E-state index contributed by atoms with van der Waals surface area (Å²) in [7, 11) is 0. The van der Waals surface area contributed by atoms with Crippen molar-refractivity contribution in [1.82, 2.24) is 10.6 Å². The first kappa shape index (κ1) is 21.2. The maximum Gasteiger partial charge on any atom is 0.223 e. The molecule has 5 nitrogen and oxygen atoms in total. The summed E-state index contributed by atoms with van der Waals surface area (Å²) in [6, 6.07) is 17.3. The summed E-state index contributed by atoms with van der Waals surface area (Å²) in [4.78, 5) is 12.2. The van der Waals surface area contributed by atoms with Crippen molar-refractivity contribution in [3.05, 3.63) is 65.7 Å². The number of hydrogen-bond donors (Lipinski definition) is 3. The molecule has 1 fully saturated rings. The maximum atomic E-state index is 12.2. The van der Waals surface area contributed by atoms with Gasteiger partial charge in [-0.1, -0.05) is 49.4 Å². The van der Waals surface area contributed by atoms with Gasteiger partial charge in [0.05, 0.1) is 6.10 Å². The second-order valence-corrected chi connectivity index (χ2v) is 6.81. The van der Waals surface area contributed by atoms with Crippen molar-refractivity contribution in [2.75, 3.05) is 19.6 Å². The Kier molecular flexibility index (Phi) is 8.10. The van der Waals surface area contributed by atoms with Gasteiger partial charge in [-0.15, -0.1) is 12.4 Å². The Morgan fingerprint density at radius 3 is 2.63 bits per heavy atom. The van der Waals surface area contributed by atoms with E-state index in [0.29, 0.717) is 18.3 Å². The number of aliphatic hydroxyl groups excluding tert-OH is 1. The molecule has 1 heterocycles. The fourth-order valence-corrected chi connectivity index (χ4v) is 2.91. The molecule has 1 amide bonds. The van der Waals surface area contributed by atoms with Crippen LogP contribution >= 0.6 is 12.4 Å². The van der Waals surface area contributed by atoms with Gasteiger partial charge in [-0.05, 0) is 42.3 Å². The molecule has 0 aliphatic carbocycles. The van der Waals surface area contributed by atoms with Crippen molar-refractivity contribution in [3.63, 3.8) is 0 Å². The van der Waals surface area contributed by atoms with Crippen molar-refractivity contribution in [2.45, 2.75) is 19.6 Å². The molecule has 6 heteroatoms. The zero-order chi connectivity index (χ0) is 18.4. The van der Waals surface area contributed by atoms with Crippen molar-refractivity contribution in [2.24, 2.45) is 11.8 Å². The maximum absolute atomic E-state index is 12.2. The number of aliphatic hydroxyl groups is 1. The number of hydrogen-bond acceptors (Lipinski definition) is 4. The second-order valence-electron chi connectivity index (χ2n) is 6.81. The van der Waals surface area contributed by atoms with E-state index in [4.69, 9.17) is 4.74 Å². The number of benzene rings is 2. The smallest absolute Gasteiger partial charge is 0.223 e. The first-order chi connectivity index (χ1) is 12.6. The molecule has 27 heavy (non-hydrogen) atoms. The first-order valence-corrected chi connectivity index (χ1v) is 9.06. The molecule has 2 aromatic carbocycles. The van der Waals surface area contributed by atoms with Gasteiger partial charge in [0.1, 0.15) is 12.4 Å². The highest BCUT2D eigenvalue weighted by molar-refractivity contribution is 5.85. The van der Waals surface area contributed by atoms with E-state index in [9.17, 15) is 9.90 Å². The van der Waals surface area contributed by atoms with Crippen molar-refractivity contribution < 1.29 is 14.6 Å². The highest BCUT2D eigenvalue weighted by Crippen LogP contribution is 2.21. The molecule has 2 atom stereocenters. The van der Waals surface area contributed by atoms with Crippen molar-refractivity contribution in [1.29, 1.82) is 0 Å². The first-order valence-electron chi connectivity index (χ1n) is 9.06. The van der Waals surface area contributed by atoms with E-state index in [-0.39, 0.29) is 30.8 Å². The van der Waals surface area contributed by atoms with Crippen LogP contribution in [0.15, 0.2) is 54.6 Å². The minimum Gasteiger partial charge on any atom is -0.489 e. The van der Waals surface area contributed by atoms with Crippen LogP contribution in [0.4, 0.5) is 0 Å². The topological polar surface area (TPSA) is 70.6 Å². The van der Waals surface area contributed by atoms with E-state index in [0.717, 1.165) is 24.2 Å². The van der Waals surface area contributed by atoms with E-state index in [1.807, 2.05) is 61.5 Å². The quantitative estimate of drug-likeness (QED) is 0.648. The normalized spacial score (nSPS) is 15.8. The summed E-state index contributed by atoms with van der Waals surface area (Å²) in [6.45, 7) is 4.39. The Hall–Kier alpha value is -2.08. The van der Waals surface area contributed by atoms with Crippen LogP contribution in [0.3, 0.4) is 0 Å². The molecule has 1 aliphatic heterocycles. The number of ether oxygens (including phenoxy) is 1. The molecular weight excluding hydrogens is 364 g/mol. The summed E-state index contributed by atoms with van der Waals surface area (Å²) in [5.74, 6) is 1.04. The van der Waals surface area contributed by atoms with Crippen LogP contribution in [-0.2, 0) is 11.4 Å². The van der Waals surface area contributed by atoms with Crippen molar-refractivity contribution >= 4 is 18.3 Å². The van der Waals surface area contributed by atoms with Crippen LogP contribution in [-0.4, -0.2) is 30.6 Å². The van der Waals surface area contributed by atoms with Gasteiger partial charge in [-0.25, -0.2) is 0 Å². The average Bonchev–Trinajstić information content (AvgIpc) is 2.63. The summed E-state index contributed by atoms with van der Waals surface area (Å²) in [5, 5.41) is 16.4. The third kappa shape index (κ3) is 5.96. The van der Waals surface area contributed by atoms with Gasteiger partial charge >= 0.3 is 0 Å². The molecule has 0 saturated carbocycles. The van der Waals surface area contributed by atoms with E-state index < -0.39 is 6.10 Å². The molecule has 1 aliphatic rings. The molecule has 3 N–H and O–H groups in total. The van der Waals surface area contributed by atoms with Gasteiger partial charge in [0.15, 0.2) is 0 Å². The lowest BCUT2D eigenvalue weighted by Gasteiger charge is -2.31. The van der Waals surface area contributed by atoms with E-state index in [2.05, 4.69) is 10.6 Å². The molecular formula is C21H27ClN2O3. The Labute approximate surface area is 166 Å². The van der Waals surface area contributed by atoms with Gasteiger partial charge < -0.3 is 20.5 Å². The van der Waals surface area contributed by atoms with E-state index in [1.165, 1.54) is 0 Å². The number of nitrogens with one attached hydrogen (secondary N) is 2. The number of carbonyl (C=O) groups excluding carboxylic acids is 1. The second kappa shape index (κ2) is 10.3. The zero-order valence-corrected chi connectivity index (χ0v) is 16.2.